The summed E-state index contributed by atoms with van der Waals surface area (Å²) in [7, 11) is 1.59. The molecule has 5 nitrogen and oxygen atoms in total. The molecule has 0 fully saturated rings. The highest BCUT2D eigenvalue weighted by Gasteiger charge is 2.17. The lowest BCUT2D eigenvalue weighted by molar-refractivity contribution is 0.0943. The standard InChI is InChI=1S/C17H13ClFN3O2/c1-22-14-7-6-11(19)8-12(14)16(23)15(21-22)17(24)20-9-10-4-2-3-5-13(10)18/h2-8H,9H2,1H3,(H,20,24). The van der Waals surface area contributed by atoms with Crippen LogP contribution in [0.1, 0.15) is 16.1 Å². The highest BCUT2D eigenvalue weighted by Crippen LogP contribution is 2.15. The highest BCUT2D eigenvalue weighted by atomic mass is 35.5. The van der Waals surface area contributed by atoms with Crippen molar-refractivity contribution in [3.8, 4) is 0 Å². The van der Waals surface area contributed by atoms with Crippen molar-refractivity contribution in [2.75, 3.05) is 0 Å². The van der Waals surface area contributed by atoms with E-state index < -0.39 is 17.2 Å². The van der Waals surface area contributed by atoms with Crippen molar-refractivity contribution in [3.63, 3.8) is 0 Å². The topological polar surface area (TPSA) is 64.0 Å². The molecule has 0 spiro atoms. The fraction of sp³-hybridized carbons (Fsp3) is 0.118. The number of aromatic nitrogens is 2. The Bertz CT molecular complexity index is 1000. The Hall–Kier alpha value is -2.73. The van der Waals surface area contributed by atoms with Gasteiger partial charge in [-0.1, -0.05) is 29.8 Å². The third-order valence-corrected chi connectivity index (χ3v) is 4.00. The smallest absolute Gasteiger partial charge is 0.276 e. The molecule has 0 aliphatic rings. The lowest BCUT2D eigenvalue weighted by Crippen LogP contribution is -2.31. The van der Waals surface area contributed by atoms with Crippen molar-refractivity contribution >= 4 is 28.4 Å². The van der Waals surface area contributed by atoms with Crippen LogP contribution in [0.2, 0.25) is 5.02 Å². The molecule has 1 heterocycles. The molecule has 0 atom stereocenters. The molecular formula is C17H13ClFN3O2. The number of hydrogen-bond donors (Lipinski definition) is 1. The quantitative estimate of drug-likeness (QED) is 0.793. The Morgan fingerprint density at radius 2 is 2.04 bits per heavy atom. The van der Waals surface area contributed by atoms with Gasteiger partial charge in [-0.15, -0.1) is 0 Å². The SMILES string of the molecule is Cn1nc(C(=O)NCc2ccccc2Cl)c(=O)c2cc(F)ccc21. The van der Waals surface area contributed by atoms with Crippen LogP contribution in [0.5, 0.6) is 0 Å². The number of aryl methyl sites for hydroxylation is 1. The van der Waals surface area contributed by atoms with Gasteiger partial charge in [-0.2, -0.15) is 5.10 Å². The van der Waals surface area contributed by atoms with E-state index in [4.69, 9.17) is 11.6 Å². The van der Waals surface area contributed by atoms with Crippen LogP contribution in [0.3, 0.4) is 0 Å². The lowest BCUT2D eigenvalue weighted by Gasteiger charge is -2.09. The van der Waals surface area contributed by atoms with E-state index in [1.165, 1.54) is 16.8 Å². The zero-order valence-electron chi connectivity index (χ0n) is 12.7. The van der Waals surface area contributed by atoms with E-state index >= 15 is 0 Å². The van der Waals surface area contributed by atoms with Crippen molar-refractivity contribution in [3.05, 3.63) is 74.8 Å². The van der Waals surface area contributed by atoms with Crippen molar-refractivity contribution < 1.29 is 9.18 Å². The minimum absolute atomic E-state index is 0.107. The first kappa shape index (κ1) is 16.1. The van der Waals surface area contributed by atoms with Crippen LogP contribution in [0.25, 0.3) is 10.9 Å². The van der Waals surface area contributed by atoms with Gasteiger partial charge in [0.05, 0.1) is 10.9 Å². The molecule has 3 aromatic rings. The maximum absolute atomic E-state index is 13.4. The van der Waals surface area contributed by atoms with Crippen LogP contribution in [-0.4, -0.2) is 15.7 Å². The number of hydrogen-bond acceptors (Lipinski definition) is 3. The van der Waals surface area contributed by atoms with Gasteiger partial charge in [0.2, 0.25) is 5.43 Å². The average Bonchev–Trinajstić information content (AvgIpc) is 2.57. The molecule has 1 aromatic heterocycles. The maximum atomic E-state index is 13.4. The number of amides is 1. The molecule has 24 heavy (non-hydrogen) atoms. The molecule has 2 aromatic carbocycles. The van der Waals surface area contributed by atoms with Crippen molar-refractivity contribution in [2.45, 2.75) is 6.54 Å². The molecule has 0 aliphatic carbocycles. The summed E-state index contributed by atoms with van der Waals surface area (Å²) in [6.07, 6.45) is 0. The monoisotopic (exact) mass is 345 g/mol. The van der Waals surface area contributed by atoms with E-state index in [1.807, 2.05) is 0 Å². The van der Waals surface area contributed by atoms with Crippen molar-refractivity contribution in [1.29, 1.82) is 0 Å². The zero-order valence-corrected chi connectivity index (χ0v) is 13.5. The van der Waals surface area contributed by atoms with Crippen LogP contribution < -0.4 is 10.7 Å². The Labute approximate surface area is 141 Å². The summed E-state index contributed by atoms with van der Waals surface area (Å²) >= 11 is 6.03. The largest absolute Gasteiger partial charge is 0.346 e. The van der Waals surface area contributed by atoms with Crippen molar-refractivity contribution in [2.24, 2.45) is 7.05 Å². The number of halogens is 2. The number of rotatable bonds is 3. The number of benzene rings is 2. The molecule has 0 unspecified atom stereocenters. The van der Waals surface area contributed by atoms with Gasteiger partial charge in [-0.25, -0.2) is 4.39 Å². The fourth-order valence-corrected chi connectivity index (χ4v) is 2.60. The summed E-state index contributed by atoms with van der Waals surface area (Å²) in [5.41, 5.74) is 0.266. The number of nitrogens with one attached hydrogen (secondary N) is 1. The second-order valence-corrected chi connectivity index (χ2v) is 5.64. The van der Waals surface area contributed by atoms with E-state index in [0.29, 0.717) is 10.5 Å². The van der Waals surface area contributed by atoms with Gasteiger partial charge in [0.15, 0.2) is 5.69 Å². The van der Waals surface area contributed by atoms with E-state index in [-0.39, 0.29) is 17.6 Å². The second kappa shape index (κ2) is 6.41. The first-order valence-corrected chi connectivity index (χ1v) is 7.53. The van der Waals surface area contributed by atoms with E-state index in [2.05, 4.69) is 10.4 Å². The fourth-order valence-electron chi connectivity index (χ4n) is 2.40. The van der Waals surface area contributed by atoms with Gasteiger partial charge in [0.1, 0.15) is 5.82 Å². The third kappa shape index (κ3) is 3.00. The molecule has 0 aliphatic heterocycles. The van der Waals surface area contributed by atoms with Crippen molar-refractivity contribution in [1.82, 2.24) is 15.1 Å². The molecule has 0 saturated heterocycles. The number of carbonyl (C=O) groups excluding carboxylic acids is 1. The first-order valence-electron chi connectivity index (χ1n) is 7.15. The molecule has 1 amide bonds. The molecular weight excluding hydrogens is 333 g/mol. The summed E-state index contributed by atoms with van der Waals surface area (Å²) < 4.78 is 14.8. The van der Waals surface area contributed by atoms with Crippen LogP contribution in [-0.2, 0) is 13.6 Å². The normalized spacial score (nSPS) is 10.8. The molecule has 3 rings (SSSR count). The van der Waals surface area contributed by atoms with E-state index in [1.54, 1.807) is 31.3 Å². The number of carbonyl (C=O) groups is 1. The van der Waals surface area contributed by atoms with Crippen LogP contribution in [0, 0.1) is 5.82 Å². The summed E-state index contributed by atoms with van der Waals surface area (Å²) in [6, 6.07) is 10.8. The predicted molar refractivity (Wildman–Crippen MR) is 89.6 cm³/mol. The molecule has 1 N–H and O–H groups in total. The van der Waals surface area contributed by atoms with E-state index in [0.717, 1.165) is 11.6 Å². The Morgan fingerprint density at radius 1 is 1.29 bits per heavy atom. The highest BCUT2D eigenvalue weighted by molar-refractivity contribution is 6.31. The van der Waals surface area contributed by atoms with Gasteiger partial charge in [-0.05, 0) is 29.8 Å². The second-order valence-electron chi connectivity index (χ2n) is 5.24. The summed E-state index contributed by atoms with van der Waals surface area (Å²) in [5.74, 6) is -1.19. The molecule has 0 bridgehead atoms. The van der Waals surface area contributed by atoms with Gasteiger partial charge in [0.25, 0.3) is 5.91 Å². The zero-order chi connectivity index (χ0) is 17.3. The van der Waals surface area contributed by atoms with Gasteiger partial charge in [0, 0.05) is 18.6 Å². The van der Waals surface area contributed by atoms with Gasteiger partial charge in [-0.3, -0.25) is 14.3 Å². The first-order chi connectivity index (χ1) is 11.5. The Kier molecular flexibility index (Phi) is 4.31. The molecule has 122 valence electrons. The number of nitrogens with zero attached hydrogens (tertiary/aromatic N) is 2. The van der Waals surface area contributed by atoms with Crippen LogP contribution in [0.4, 0.5) is 4.39 Å². The molecule has 0 radical (unpaired) electrons. The Balaban J connectivity index is 1.94. The van der Waals surface area contributed by atoms with E-state index in [9.17, 15) is 14.0 Å². The molecule has 7 heteroatoms. The maximum Gasteiger partial charge on any atom is 0.276 e. The number of fused-ring (bicyclic) bond motifs is 1. The van der Waals surface area contributed by atoms with Crippen LogP contribution in [0.15, 0.2) is 47.3 Å². The van der Waals surface area contributed by atoms with Crippen LogP contribution >= 0.6 is 11.6 Å². The predicted octanol–water partition coefficient (Wildman–Crippen LogP) is 2.66. The molecule has 0 saturated carbocycles. The third-order valence-electron chi connectivity index (χ3n) is 3.63. The lowest BCUT2D eigenvalue weighted by atomic mass is 10.2. The summed E-state index contributed by atoms with van der Waals surface area (Å²) in [6.45, 7) is 0.157. The minimum Gasteiger partial charge on any atom is -0.346 e. The summed E-state index contributed by atoms with van der Waals surface area (Å²) in [5, 5.41) is 7.23. The summed E-state index contributed by atoms with van der Waals surface area (Å²) in [4.78, 5) is 24.7. The van der Waals surface area contributed by atoms with Gasteiger partial charge < -0.3 is 5.32 Å². The van der Waals surface area contributed by atoms with Gasteiger partial charge >= 0.3 is 0 Å². The Morgan fingerprint density at radius 3 is 2.79 bits per heavy atom. The minimum atomic E-state index is -0.637. The average molecular weight is 346 g/mol.